The van der Waals surface area contributed by atoms with Crippen LogP contribution in [0.15, 0.2) is 28.7 Å². The van der Waals surface area contributed by atoms with Crippen LogP contribution < -0.4 is 11.1 Å². The number of amides is 2. The van der Waals surface area contributed by atoms with Gasteiger partial charge in [0.2, 0.25) is 17.6 Å². The van der Waals surface area contributed by atoms with Crippen molar-refractivity contribution in [1.82, 2.24) is 4.90 Å². The molecule has 2 heterocycles. The molecule has 11 heteroatoms. The normalized spacial score (nSPS) is 25.1. The van der Waals surface area contributed by atoms with E-state index in [9.17, 15) is 18.8 Å². The van der Waals surface area contributed by atoms with E-state index >= 15 is 0 Å². The Bertz CT molecular complexity index is 1340. The van der Waals surface area contributed by atoms with Gasteiger partial charge in [-0.25, -0.2) is 4.79 Å². The molecule has 47 heavy (non-hydrogen) atoms. The second-order valence-corrected chi connectivity index (χ2v) is 13.7. The van der Waals surface area contributed by atoms with Crippen molar-refractivity contribution in [2.24, 2.45) is 29.4 Å². The van der Waals surface area contributed by atoms with Crippen LogP contribution in [0.4, 0.5) is 10.1 Å². The van der Waals surface area contributed by atoms with Crippen LogP contribution in [-0.2, 0) is 23.8 Å². The highest BCUT2D eigenvalue weighted by molar-refractivity contribution is 6.00. The number of benzene rings is 1. The molecule has 3 fully saturated rings. The largest absolute Gasteiger partial charge is 0.457 e. The molecule has 2 aromatic rings. The lowest BCUT2D eigenvalue weighted by Crippen LogP contribution is -2.50. The lowest BCUT2D eigenvalue weighted by atomic mass is 9.76. The molecule has 2 aliphatic carbocycles. The number of ether oxygens (including phenoxy) is 3. The summed E-state index contributed by atoms with van der Waals surface area (Å²) < 4.78 is 34.5. The van der Waals surface area contributed by atoms with Crippen LogP contribution in [0, 0.1) is 23.7 Å². The first-order valence-corrected chi connectivity index (χ1v) is 17.5. The molecule has 0 radical (unpaired) electrons. The molecular weight excluding hydrogens is 605 g/mol. The van der Waals surface area contributed by atoms with Crippen molar-refractivity contribution in [3.63, 3.8) is 0 Å². The molecule has 3 N–H and O–H groups in total. The number of rotatable bonds is 14. The molecule has 3 aliphatic rings. The van der Waals surface area contributed by atoms with Crippen LogP contribution in [0.3, 0.4) is 0 Å². The molecule has 2 saturated carbocycles. The first-order valence-electron chi connectivity index (χ1n) is 17.5. The maximum absolute atomic E-state index is 14.1. The Labute approximate surface area is 277 Å². The smallest absolute Gasteiger partial charge is 0.374 e. The second kappa shape index (κ2) is 16.9. The number of hydrogen-bond donors (Lipinski definition) is 2. The molecule has 10 nitrogen and oxygen atoms in total. The van der Waals surface area contributed by atoms with E-state index in [1.54, 1.807) is 31.4 Å². The highest BCUT2D eigenvalue weighted by Crippen LogP contribution is 2.41. The van der Waals surface area contributed by atoms with Gasteiger partial charge in [-0.05, 0) is 87.5 Å². The molecule has 260 valence electrons. The predicted molar refractivity (Wildman–Crippen MR) is 177 cm³/mol. The number of anilines is 1. The monoisotopic (exact) mass is 657 g/mol. The van der Waals surface area contributed by atoms with Crippen LogP contribution in [0.2, 0.25) is 0 Å². The van der Waals surface area contributed by atoms with Gasteiger partial charge in [-0.2, -0.15) is 0 Å². The first kappa shape index (κ1) is 35.3. The molecule has 5 rings (SSSR count). The topological polar surface area (TPSA) is 133 Å². The van der Waals surface area contributed by atoms with Gasteiger partial charge in [0.15, 0.2) is 0 Å². The highest BCUT2D eigenvalue weighted by Gasteiger charge is 2.47. The number of esters is 1. The van der Waals surface area contributed by atoms with Gasteiger partial charge in [0, 0.05) is 36.7 Å². The third-order valence-electron chi connectivity index (χ3n) is 10.5. The number of nitrogens with two attached hydrogens (primary N) is 1. The summed E-state index contributed by atoms with van der Waals surface area (Å²) in [5, 5.41) is 3.76. The van der Waals surface area contributed by atoms with E-state index in [4.69, 9.17) is 24.4 Å². The Hall–Kier alpha value is -3.02. The Morgan fingerprint density at radius 3 is 2.53 bits per heavy atom. The zero-order chi connectivity index (χ0) is 33.3. The molecule has 1 saturated heterocycles. The Balaban J connectivity index is 1.25. The average molecular weight is 658 g/mol. The zero-order valence-electron chi connectivity index (χ0n) is 27.9. The number of fused-ring (bicyclic) bond motifs is 1. The summed E-state index contributed by atoms with van der Waals surface area (Å²) in [5.74, 6) is 0.0118. The number of nitrogens with one attached hydrogen (secondary N) is 1. The van der Waals surface area contributed by atoms with Crippen LogP contribution >= 0.6 is 0 Å². The van der Waals surface area contributed by atoms with E-state index in [-0.39, 0.29) is 54.1 Å². The predicted octanol–water partition coefficient (Wildman–Crippen LogP) is 5.87. The number of furan rings is 1. The molecule has 0 unspecified atom stereocenters. The molecule has 4 atom stereocenters. The number of nitrogens with zero attached hydrogens (tertiary/aromatic N) is 1. The molecule has 0 spiro atoms. The third kappa shape index (κ3) is 8.91. The van der Waals surface area contributed by atoms with Crippen molar-refractivity contribution in [1.29, 1.82) is 0 Å². The Morgan fingerprint density at radius 1 is 1.04 bits per heavy atom. The van der Waals surface area contributed by atoms with Gasteiger partial charge in [0.25, 0.3) is 0 Å². The Kier molecular flexibility index (Phi) is 12.7. The summed E-state index contributed by atoms with van der Waals surface area (Å²) in [7, 11) is 1.59. The van der Waals surface area contributed by atoms with E-state index in [1.165, 1.54) is 6.42 Å². The van der Waals surface area contributed by atoms with Gasteiger partial charge < -0.3 is 34.6 Å². The molecular formula is C36H52FN3O7. The average Bonchev–Trinajstić information content (AvgIpc) is 3.73. The number of carbonyl (C=O) groups excluding carboxylic acids is 3. The van der Waals surface area contributed by atoms with E-state index in [2.05, 4.69) is 5.32 Å². The van der Waals surface area contributed by atoms with Crippen LogP contribution in [0.25, 0.3) is 11.0 Å². The van der Waals surface area contributed by atoms with Crippen LogP contribution in [0.5, 0.6) is 0 Å². The molecule has 0 bridgehead atoms. The quantitative estimate of drug-likeness (QED) is 0.190. The summed E-state index contributed by atoms with van der Waals surface area (Å²) in [4.78, 5) is 42.6. The summed E-state index contributed by atoms with van der Waals surface area (Å²) in [6, 6.07) is 6.17. The number of halogens is 1. The SMILES string of the molecule is COCCO[C@H](C)COC(=O)c1cc2cc(NC(=O)[C@@H]3[C@H](C4CCCCC4)CCN3C(=O)C3CCC([C@H](N)CCF)CC3)ccc2o1. The number of alkyl halides is 1. The van der Waals surface area contributed by atoms with Crippen molar-refractivity contribution in [2.45, 2.75) is 95.7 Å². The van der Waals surface area contributed by atoms with E-state index < -0.39 is 18.7 Å². The van der Waals surface area contributed by atoms with Gasteiger partial charge in [0.05, 0.1) is 26.0 Å². The summed E-state index contributed by atoms with van der Waals surface area (Å²) >= 11 is 0. The maximum Gasteiger partial charge on any atom is 0.374 e. The van der Waals surface area contributed by atoms with Crippen molar-refractivity contribution < 1.29 is 37.4 Å². The Morgan fingerprint density at radius 2 is 1.81 bits per heavy atom. The lowest BCUT2D eigenvalue weighted by molar-refractivity contribution is -0.142. The minimum Gasteiger partial charge on any atom is -0.457 e. The van der Waals surface area contributed by atoms with Crippen LogP contribution in [0.1, 0.15) is 88.1 Å². The fraction of sp³-hybridized carbons (Fsp3) is 0.694. The summed E-state index contributed by atoms with van der Waals surface area (Å²) in [6.45, 7) is 2.92. The molecule has 1 aromatic carbocycles. The maximum atomic E-state index is 14.1. The fourth-order valence-corrected chi connectivity index (χ4v) is 7.93. The molecule has 2 amide bonds. The second-order valence-electron chi connectivity index (χ2n) is 13.7. The van der Waals surface area contributed by atoms with E-state index in [0.717, 1.165) is 57.8 Å². The van der Waals surface area contributed by atoms with Gasteiger partial charge in [-0.1, -0.05) is 32.1 Å². The van der Waals surface area contributed by atoms with Crippen molar-refractivity contribution in [2.75, 3.05) is 45.5 Å². The number of methoxy groups -OCH3 is 1. The minimum absolute atomic E-state index is 0.0628. The molecule has 1 aliphatic heterocycles. The van der Waals surface area contributed by atoms with Crippen LogP contribution in [-0.4, -0.2) is 81.0 Å². The van der Waals surface area contributed by atoms with Crippen molar-refractivity contribution in [3.05, 3.63) is 30.0 Å². The van der Waals surface area contributed by atoms with E-state index in [0.29, 0.717) is 48.8 Å². The number of hydrogen-bond acceptors (Lipinski definition) is 8. The van der Waals surface area contributed by atoms with Crippen molar-refractivity contribution in [3.8, 4) is 0 Å². The van der Waals surface area contributed by atoms with Crippen molar-refractivity contribution >= 4 is 34.4 Å². The third-order valence-corrected chi connectivity index (χ3v) is 10.5. The standard InChI is InChI=1S/C36H52FN3O7/c1-23(45-19-18-44-2)22-46-36(43)32-21-27-20-28(12-13-31(27)47-32)39-34(41)33-29(24-6-4-3-5-7-24)15-17-40(33)35(42)26-10-8-25(9-11-26)30(38)14-16-37/h12-13,20-21,23-26,29-30,33H,3-11,14-19,22,38H2,1-2H3,(H,39,41)/t23-,25?,26?,29+,30-,33+/m1/s1. The van der Waals surface area contributed by atoms with Gasteiger partial charge in [0.1, 0.15) is 18.2 Å². The number of carbonyl (C=O) groups is 3. The fourth-order valence-electron chi connectivity index (χ4n) is 7.93. The van der Waals surface area contributed by atoms with Gasteiger partial charge in [-0.3, -0.25) is 14.0 Å². The summed E-state index contributed by atoms with van der Waals surface area (Å²) in [5.41, 5.74) is 7.28. The van der Waals surface area contributed by atoms with Gasteiger partial charge in [-0.15, -0.1) is 0 Å². The van der Waals surface area contributed by atoms with Gasteiger partial charge >= 0.3 is 5.97 Å². The van der Waals surface area contributed by atoms with E-state index in [1.807, 2.05) is 11.8 Å². The number of likely N-dealkylation sites (tertiary alicyclic amines) is 1. The summed E-state index contributed by atoms with van der Waals surface area (Å²) in [6.07, 6.45) is 9.70. The lowest BCUT2D eigenvalue weighted by Gasteiger charge is -2.37. The zero-order valence-corrected chi connectivity index (χ0v) is 27.9. The highest BCUT2D eigenvalue weighted by atomic mass is 19.1. The minimum atomic E-state index is -0.595. The first-order chi connectivity index (χ1) is 22.8. The molecule has 1 aromatic heterocycles.